The number of methoxy groups -OCH3 is 2. The highest BCUT2D eigenvalue weighted by Gasteiger charge is 2.07. The Morgan fingerprint density at radius 3 is 2.46 bits per heavy atom. The molecule has 3 rings (SSSR count). The van der Waals surface area contributed by atoms with Gasteiger partial charge in [-0.3, -0.25) is 0 Å². The molecule has 7 nitrogen and oxygen atoms in total. The van der Waals surface area contributed by atoms with Gasteiger partial charge >= 0.3 is 5.97 Å². The Hall–Kier alpha value is -3.61. The summed E-state index contributed by atoms with van der Waals surface area (Å²) >= 11 is 0. The molecule has 0 spiro atoms. The third-order valence-corrected chi connectivity index (χ3v) is 3.59. The number of carbonyl (C=O) groups excluding carboxylic acids is 1. The van der Waals surface area contributed by atoms with Gasteiger partial charge in [-0.2, -0.15) is 4.98 Å². The molecule has 0 unspecified atom stereocenters. The molecule has 7 heteroatoms. The second kappa shape index (κ2) is 7.98. The van der Waals surface area contributed by atoms with E-state index >= 15 is 0 Å². The van der Waals surface area contributed by atoms with Crippen LogP contribution in [0.1, 0.15) is 10.4 Å². The van der Waals surface area contributed by atoms with E-state index in [0.717, 1.165) is 17.1 Å². The number of nitrogens with one attached hydrogen (secondary N) is 2. The van der Waals surface area contributed by atoms with Crippen LogP contribution in [0.3, 0.4) is 0 Å². The van der Waals surface area contributed by atoms with E-state index in [1.54, 1.807) is 43.6 Å². The molecule has 0 aliphatic heterocycles. The van der Waals surface area contributed by atoms with Gasteiger partial charge in [0, 0.05) is 11.9 Å². The third-order valence-electron chi connectivity index (χ3n) is 3.59. The summed E-state index contributed by atoms with van der Waals surface area (Å²) in [6.45, 7) is 0. The maximum absolute atomic E-state index is 11.5. The average molecular weight is 350 g/mol. The minimum absolute atomic E-state index is 0.379. The maximum atomic E-state index is 11.5. The number of aromatic nitrogens is 2. The summed E-state index contributed by atoms with van der Waals surface area (Å²) in [6, 6.07) is 16.2. The van der Waals surface area contributed by atoms with E-state index in [0.29, 0.717) is 17.3 Å². The van der Waals surface area contributed by atoms with Gasteiger partial charge in [0.1, 0.15) is 11.6 Å². The van der Waals surface area contributed by atoms with Crippen molar-refractivity contribution in [3.8, 4) is 5.75 Å². The van der Waals surface area contributed by atoms with Crippen molar-refractivity contribution in [3.05, 3.63) is 66.4 Å². The summed E-state index contributed by atoms with van der Waals surface area (Å²) in [5.41, 5.74) is 2.04. The van der Waals surface area contributed by atoms with Crippen LogP contribution in [0.5, 0.6) is 5.75 Å². The minimum atomic E-state index is -0.379. The molecular formula is C19H18N4O3. The molecule has 1 heterocycles. The highest BCUT2D eigenvalue weighted by atomic mass is 16.5. The van der Waals surface area contributed by atoms with E-state index in [-0.39, 0.29) is 5.97 Å². The smallest absolute Gasteiger partial charge is 0.337 e. The van der Waals surface area contributed by atoms with Crippen LogP contribution in [-0.2, 0) is 4.74 Å². The van der Waals surface area contributed by atoms with Gasteiger partial charge in [-0.05, 0) is 42.5 Å². The lowest BCUT2D eigenvalue weighted by Gasteiger charge is -2.11. The molecule has 0 saturated heterocycles. The van der Waals surface area contributed by atoms with Crippen molar-refractivity contribution >= 4 is 29.1 Å². The van der Waals surface area contributed by atoms with Gasteiger partial charge < -0.3 is 20.1 Å². The summed E-state index contributed by atoms with van der Waals surface area (Å²) in [4.78, 5) is 20.1. The lowest BCUT2D eigenvalue weighted by molar-refractivity contribution is 0.0601. The number of nitrogens with zero attached hydrogens (tertiary/aromatic N) is 2. The predicted octanol–water partition coefficient (Wildman–Crippen LogP) is 3.76. The number of rotatable bonds is 6. The van der Waals surface area contributed by atoms with Gasteiger partial charge in [-0.1, -0.05) is 12.1 Å². The number of anilines is 4. The SMILES string of the molecule is COC(=O)c1ccc(Nc2nccc(Nc3ccccc3OC)n2)cc1. The second-order valence-corrected chi connectivity index (χ2v) is 5.28. The highest BCUT2D eigenvalue weighted by molar-refractivity contribution is 5.89. The molecule has 0 radical (unpaired) electrons. The number of esters is 1. The van der Waals surface area contributed by atoms with E-state index in [1.807, 2.05) is 24.3 Å². The van der Waals surface area contributed by atoms with Gasteiger partial charge in [-0.25, -0.2) is 9.78 Å². The zero-order valence-electron chi connectivity index (χ0n) is 14.4. The first-order valence-electron chi connectivity index (χ1n) is 7.88. The van der Waals surface area contributed by atoms with E-state index in [9.17, 15) is 4.79 Å². The fourth-order valence-corrected chi connectivity index (χ4v) is 2.31. The molecule has 0 fully saturated rings. The first kappa shape index (κ1) is 17.2. The Balaban J connectivity index is 1.74. The van der Waals surface area contributed by atoms with Crippen LogP contribution in [0, 0.1) is 0 Å². The summed E-state index contributed by atoms with van der Waals surface area (Å²) in [5.74, 6) is 1.39. The molecule has 3 aromatic rings. The molecule has 132 valence electrons. The Bertz CT molecular complexity index is 897. The van der Waals surface area contributed by atoms with Gasteiger partial charge in [0.15, 0.2) is 0 Å². The van der Waals surface area contributed by atoms with Crippen LogP contribution < -0.4 is 15.4 Å². The van der Waals surface area contributed by atoms with Crippen LogP contribution >= 0.6 is 0 Å². The molecule has 0 aliphatic carbocycles. The van der Waals surface area contributed by atoms with Gasteiger partial charge in [-0.15, -0.1) is 0 Å². The standard InChI is InChI=1S/C19H18N4O3/c1-25-16-6-4-3-5-15(16)22-17-11-12-20-19(23-17)21-14-9-7-13(8-10-14)18(24)26-2/h3-12H,1-2H3,(H2,20,21,22,23). The highest BCUT2D eigenvalue weighted by Crippen LogP contribution is 2.26. The molecule has 0 atom stereocenters. The molecule has 2 N–H and O–H groups in total. The Labute approximate surface area is 151 Å². The average Bonchev–Trinajstić information content (AvgIpc) is 2.69. The van der Waals surface area contributed by atoms with E-state index in [2.05, 4.69) is 25.3 Å². The monoisotopic (exact) mass is 350 g/mol. The Kier molecular flexibility index (Phi) is 5.28. The lowest BCUT2D eigenvalue weighted by Crippen LogP contribution is -2.03. The van der Waals surface area contributed by atoms with Crippen LogP contribution in [-0.4, -0.2) is 30.2 Å². The molecule has 0 amide bonds. The quantitative estimate of drug-likeness (QED) is 0.655. The normalized spacial score (nSPS) is 10.1. The van der Waals surface area contributed by atoms with Crippen molar-refractivity contribution in [3.63, 3.8) is 0 Å². The minimum Gasteiger partial charge on any atom is -0.495 e. The van der Waals surface area contributed by atoms with E-state index < -0.39 is 0 Å². The van der Waals surface area contributed by atoms with Crippen LogP contribution in [0.15, 0.2) is 60.8 Å². The molecular weight excluding hydrogens is 332 g/mol. The number of hydrogen-bond acceptors (Lipinski definition) is 7. The van der Waals surface area contributed by atoms with Crippen molar-refractivity contribution < 1.29 is 14.3 Å². The first-order valence-corrected chi connectivity index (χ1v) is 7.88. The maximum Gasteiger partial charge on any atom is 0.337 e. The number of benzene rings is 2. The molecule has 0 saturated carbocycles. The van der Waals surface area contributed by atoms with Crippen molar-refractivity contribution in [1.82, 2.24) is 9.97 Å². The predicted molar refractivity (Wildman–Crippen MR) is 99.4 cm³/mol. The first-order chi connectivity index (χ1) is 12.7. The summed E-state index contributed by atoms with van der Waals surface area (Å²) in [7, 11) is 2.97. The molecule has 1 aromatic heterocycles. The molecule has 2 aromatic carbocycles. The Morgan fingerprint density at radius 1 is 0.962 bits per heavy atom. The van der Waals surface area contributed by atoms with Gasteiger partial charge in [0.05, 0.1) is 25.5 Å². The van der Waals surface area contributed by atoms with E-state index in [4.69, 9.17) is 4.74 Å². The number of para-hydroxylation sites is 2. The lowest BCUT2D eigenvalue weighted by atomic mass is 10.2. The Morgan fingerprint density at radius 2 is 1.73 bits per heavy atom. The van der Waals surface area contributed by atoms with Crippen molar-refractivity contribution in [2.75, 3.05) is 24.9 Å². The van der Waals surface area contributed by atoms with E-state index in [1.165, 1.54) is 7.11 Å². The van der Waals surface area contributed by atoms with Crippen LogP contribution in [0.4, 0.5) is 23.1 Å². The summed E-state index contributed by atoms with van der Waals surface area (Å²) < 4.78 is 10.0. The zero-order chi connectivity index (χ0) is 18.4. The second-order valence-electron chi connectivity index (χ2n) is 5.28. The van der Waals surface area contributed by atoms with Crippen molar-refractivity contribution in [2.45, 2.75) is 0 Å². The number of ether oxygens (including phenoxy) is 2. The van der Waals surface area contributed by atoms with Crippen LogP contribution in [0.2, 0.25) is 0 Å². The molecule has 0 bridgehead atoms. The molecule has 0 aliphatic rings. The zero-order valence-corrected chi connectivity index (χ0v) is 14.4. The number of hydrogen-bond donors (Lipinski definition) is 2. The third kappa shape index (κ3) is 4.07. The fourth-order valence-electron chi connectivity index (χ4n) is 2.31. The summed E-state index contributed by atoms with van der Waals surface area (Å²) in [6.07, 6.45) is 1.65. The number of carbonyl (C=O) groups is 1. The van der Waals surface area contributed by atoms with Gasteiger partial charge in [0.2, 0.25) is 5.95 Å². The molecule has 26 heavy (non-hydrogen) atoms. The van der Waals surface area contributed by atoms with Crippen LogP contribution in [0.25, 0.3) is 0 Å². The van der Waals surface area contributed by atoms with Crippen molar-refractivity contribution in [1.29, 1.82) is 0 Å². The van der Waals surface area contributed by atoms with Gasteiger partial charge in [0.25, 0.3) is 0 Å². The summed E-state index contributed by atoms with van der Waals surface area (Å²) in [5, 5.41) is 6.30. The topological polar surface area (TPSA) is 85.4 Å². The fraction of sp³-hybridized carbons (Fsp3) is 0.105. The largest absolute Gasteiger partial charge is 0.495 e. The van der Waals surface area contributed by atoms with Crippen molar-refractivity contribution in [2.24, 2.45) is 0 Å².